The molecule has 0 heterocycles. The first-order chi connectivity index (χ1) is 9.07. The zero-order valence-electron chi connectivity index (χ0n) is 12.8. The van der Waals surface area contributed by atoms with Gasteiger partial charge in [-0.15, -0.1) is 0 Å². The Morgan fingerprint density at radius 2 is 1.75 bits per heavy atom. The second-order valence-corrected chi connectivity index (χ2v) is 6.71. The molecule has 0 aromatic rings. The van der Waals surface area contributed by atoms with Gasteiger partial charge in [-0.1, -0.05) is 20.4 Å². The summed E-state index contributed by atoms with van der Waals surface area (Å²) in [5, 5.41) is 0. The Balaban J connectivity index is 5.05. The number of carbonyl (C=O) groups excluding carboxylic acids is 1. The van der Waals surface area contributed by atoms with E-state index in [0.29, 0.717) is 13.1 Å². The first-order valence-corrected chi connectivity index (χ1v) is 8.29. The first-order valence-electron chi connectivity index (χ1n) is 6.69. The van der Waals surface area contributed by atoms with E-state index >= 15 is 0 Å². The van der Waals surface area contributed by atoms with Crippen molar-refractivity contribution in [3.8, 4) is 0 Å². The molecule has 6 nitrogen and oxygen atoms in total. The third kappa shape index (κ3) is 6.49. The van der Waals surface area contributed by atoms with Gasteiger partial charge in [-0.25, -0.2) is 0 Å². The molecular weight excluding hydrogens is 280 g/mol. The van der Waals surface area contributed by atoms with Gasteiger partial charge in [0.25, 0.3) is 10.1 Å². The zero-order valence-corrected chi connectivity index (χ0v) is 13.6. The van der Waals surface area contributed by atoms with Crippen molar-refractivity contribution in [2.75, 3.05) is 31.9 Å². The topological polar surface area (TPSA) is 77.9 Å². The van der Waals surface area contributed by atoms with Gasteiger partial charge in [0.05, 0.1) is 11.3 Å². The molecule has 0 bridgehead atoms. The van der Waals surface area contributed by atoms with Crippen molar-refractivity contribution < 1.29 is 17.8 Å². The van der Waals surface area contributed by atoms with Crippen LogP contribution in [0.5, 0.6) is 0 Å². The van der Waals surface area contributed by atoms with Gasteiger partial charge < -0.3 is 9.80 Å². The minimum absolute atomic E-state index is 0.342. The maximum atomic E-state index is 11.9. The number of rotatable bonds is 9. The summed E-state index contributed by atoms with van der Waals surface area (Å²) in [5.41, 5.74) is -0.994. The fourth-order valence-electron chi connectivity index (χ4n) is 2.13. The minimum Gasteiger partial charge on any atom is -0.332 e. The third-order valence-electron chi connectivity index (χ3n) is 3.24. The average Bonchev–Trinajstić information content (AvgIpc) is 2.30. The van der Waals surface area contributed by atoms with E-state index in [1.165, 1.54) is 4.90 Å². The van der Waals surface area contributed by atoms with Gasteiger partial charge >= 0.3 is 0 Å². The van der Waals surface area contributed by atoms with Gasteiger partial charge in [0.1, 0.15) is 0 Å². The molecule has 0 aliphatic rings. The van der Waals surface area contributed by atoms with Crippen LogP contribution < -0.4 is 0 Å². The van der Waals surface area contributed by atoms with Gasteiger partial charge in [-0.2, -0.15) is 8.42 Å². The maximum absolute atomic E-state index is 11.9. The van der Waals surface area contributed by atoms with E-state index in [1.807, 2.05) is 13.8 Å². The molecule has 0 spiro atoms. The summed E-state index contributed by atoms with van der Waals surface area (Å²) in [5.74, 6) is -0.844. The van der Waals surface area contributed by atoms with Crippen LogP contribution in [0.4, 0.5) is 0 Å². The zero-order chi connectivity index (χ0) is 16.0. The lowest BCUT2D eigenvalue weighted by molar-refractivity contribution is -0.130. The highest BCUT2D eigenvalue weighted by atomic mass is 32.2. The Bertz CT molecular complexity index is 428. The molecule has 0 aliphatic heterocycles. The lowest BCUT2D eigenvalue weighted by Gasteiger charge is -2.38. The number of likely N-dealkylation sites (N-methyl/N-ethyl adjacent to an activating group) is 1. The molecule has 0 atom stereocenters. The van der Waals surface area contributed by atoms with E-state index in [4.69, 9.17) is 4.55 Å². The van der Waals surface area contributed by atoms with Crippen LogP contribution in [-0.2, 0) is 14.9 Å². The van der Waals surface area contributed by atoms with Crippen molar-refractivity contribution in [2.45, 2.75) is 33.2 Å². The van der Waals surface area contributed by atoms with Gasteiger partial charge in [0, 0.05) is 13.1 Å². The van der Waals surface area contributed by atoms with Crippen LogP contribution in [0.15, 0.2) is 12.7 Å². The molecule has 118 valence electrons. The monoisotopic (exact) mass is 306 g/mol. The smallest absolute Gasteiger partial charge is 0.267 e. The van der Waals surface area contributed by atoms with E-state index < -0.39 is 21.4 Å². The largest absolute Gasteiger partial charge is 0.332 e. The normalized spacial score (nSPS) is 12.5. The fraction of sp³-hybridized carbons (Fsp3) is 0.769. The Labute approximate surface area is 122 Å². The van der Waals surface area contributed by atoms with Crippen LogP contribution in [0.25, 0.3) is 0 Å². The highest BCUT2D eigenvalue weighted by Crippen LogP contribution is 2.17. The van der Waals surface area contributed by atoms with Crippen molar-refractivity contribution in [2.24, 2.45) is 0 Å². The van der Waals surface area contributed by atoms with Crippen LogP contribution in [0.3, 0.4) is 0 Å². The molecule has 0 radical (unpaired) electrons. The van der Waals surface area contributed by atoms with Crippen molar-refractivity contribution in [1.82, 2.24) is 9.80 Å². The second kappa shape index (κ2) is 7.75. The lowest BCUT2D eigenvalue weighted by Crippen LogP contribution is -2.53. The van der Waals surface area contributed by atoms with Gasteiger partial charge in [0.15, 0.2) is 0 Å². The summed E-state index contributed by atoms with van der Waals surface area (Å²) in [6.07, 6.45) is 1.16. The predicted molar refractivity (Wildman–Crippen MR) is 80.2 cm³/mol. The van der Waals surface area contributed by atoms with E-state index in [0.717, 1.165) is 19.2 Å². The highest BCUT2D eigenvalue weighted by Gasteiger charge is 2.33. The van der Waals surface area contributed by atoms with Crippen molar-refractivity contribution in [3.05, 3.63) is 12.7 Å². The SMILES string of the molecule is C=CC(=O)N(CCN(CC)CC)C(C)(C)CS(=O)(=O)O. The standard InChI is InChI=1S/C13H26N2O4S/c1-6-12(16)15(10-9-14(7-2)8-3)13(4,5)11-20(17,18)19/h6H,1,7-11H2,2-5H3,(H,17,18,19). The summed E-state index contributed by atoms with van der Waals surface area (Å²) in [6, 6.07) is 0. The van der Waals surface area contributed by atoms with E-state index in [-0.39, 0.29) is 5.91 Å². The number of hydrogen-bond donors (Lipinski definition) is 1. The first kappa shape index (κ1) is 19.1. The average molecular weight is 306 g/mol. The molecule has 0 aliphatic carbocycles. The predicted octanol–water partition coefficient (Wildman–Crippen LogP) is 1.01. The fourth-order valence-corrected chi connectivity index (χ4v) is 3.18. The van der Waals surface area contributed by atoms with Crippen LogP contribution in [0.2, 0.25) is 0 Å². The summed E-state index contributed by atoms with van der Waals surface area (Å²) in [7, 11) is -4.16. The van der Waals surface area contributed by atoms with Crippen molar-refractivity contribution in [1.29, 1.82) is 0 Å². The Morgan fingerprint density at radius 3 is 2.10 bits per heavy atom. The summed E-state index contributed by atoms with van der Waals surface area (Å²) >= 11 is 0. The summed E-state index contributed by atoms with van der Waals surface area (Å²) in [4.78, 5) is 15.5. The molecule has 0 saturated heterocycles. The Morgan fingerprint density at radius 1 is 1.25 bits per heavy atom. The van der Waals surface area contributed by atoms with Crippen LogP contribution in [-0.4, -0.2) is 66.1 Å². The summed E-state index contributed by atoms with van der Waals surface area (Å²) < 4.78 is 31.2. The third-order valence-corrected chi connectivity index (χ3v) is 4.31. The van der Waals surface area contributed by atoms with Crippen LogP contribution in [0.1, 0.15) is 27.7 Å². The molecule has 0 rings (SSSR count). The summed E-state index contributed by atoms with van der Waals surface area (Å²) in [6.45, 7) is 13.4. The molecule has 0 aromatic carbocycles. The molecule has 1 amide bonds. The number of hydrogen-bond acceptors (Lipinski definition) is 4. The molecule has 0 fully saturated rings. The Kier molecular flexibility index (Phi) is 7.40. The van der Waals surface area contributed by atoms with Crippen LogP contribution in [0, 0.1) is 0 Å². The molecule has 0 saturated carbocycles. The lowest BCUT2D eigenvalue weighted by atomic mass is 10.1. The van der Waals surface area contributed by atoms with Crippen molar-refractivity contribution in [3.63, 3.8) is 0 Å². The van der Waals surface area contributed by atoms with Gasteiger partial charge in [-0.05, 0) is 33.0 Å². The van der Waals surface area contributed by atoms with Crippen molar-refractivity contribution >= 4 is 16.0 Å². The van der Waals surface area contributed by atoms with E-state index in [2.05, 4.69) is 11.5 Å². The Hall–Kier alpha value is -0.920. The van der Waals surface area contributed by atoms with E-state index in [1.54, 1.807) is 13.8 Å². The molecule has 20 heavy (non-hydrogen) atoms. The second-order valence-electron chi connectivity index (χ2n) is 5.26. The molecule has 1 N–H and O–H groups in total. The quantitative estimate of drug-likeness (QED) is 0.508. The van der Waals surface area contributed by atoms with Crippen LogP contribution >= 0.6 is 0 Å². The number of nitrogens with zero attached hydrogens (tertiary/aromatic N) is 2. The maximum Gasteiger partial charge on any atom is 0.267 e. The molecule has 0 unspecified atom stereocenters. The van der Waals surface area contributed by atoms with Gasteiger partial charge in [0.2, 0.25) is 5.91 Å². The number of amides is 1. The minimum atomic E-state index is -4.16. The molecular formula is C13H26N2O4S. The molecule has 7 heteroatoms. The van der Waals surface area contributed by atoms with Gasteiger partial charge in [-0.3, -0.25) is 9.35 Å². The molecule has 0 aromatic heterocycles. The van der Waals surface area contributed by atoms with E-state index in [9.17, 15) is 13.2 Å². The number of carbonyl (C=O) groups is 1. The highest BCUT2D eigenvalue weighted by molar-refractivity contribution is 7.85.